The second-order valence-corrected chi connectivity index (χ2v) is 2.18. The summed E-state index contributed by atoms with van der Waals surface area (Å²) in [4.78, 5) is 9.94. The number of aldehydes is 1. The third-order valence-corrected chi connectivity index (χ3v) is 1.27. The third-order valence-electron chi connectivity index (χ3n) is 1.27. The highest BCUT2D eigenvalue weighted by atomic mass is 16.5. The second kappa shape index (κ2) is 5.70. The number of carbonyl (C=O) groups is 1. The summed E-state index contributed by atoms with van der Waals surface area (Å²) in [5.74, 6) is 0. The van der Waals surface area contributed by atoms with E-state index in [2.05, 4.69) is 11.3 Å². The van der Waals surface area contributed by atoms with Gasteiger partial charge in [-0.3, -0.25) is 0 Å². The summed E-state index contributed by atoms with van der Waals surface area (Å²) < 4.78 is 4.54. The fraction of sp³-hybridized carbons (Fsp3) is 0.571. The molecule has 5 heteroatoms. The monoisotopic (exact) mass is 176 g/mol. The summed E-state index contributed by atoms with van der Waals surface area (Å²) in [5.41, 5.74) is 0. The minimum atomic E-state index is -1.59. The van der Waals surface area contributed by atoms with Gasteiger partial charge in [0.1, 0.15) is 24.9 Å². The highest BCUT2D eigenvalue weighted by Crippen LogP contribution is 1.98. The molecule has 12 heavy (non-hydrogen) atoms. The normalized spacial score (nSPS) is 17.6. The number of hydrogen-bond acceptors (Lipinski definition) is 5. The maximum atomic E-state index is 9.94. The van der Waals surface area contributed by atoms with E-state index in [4.69, 9.17) is 15.3 Å². The standard InChI is InChI=1S/C7H12O5/c1-2-12-4-6(10)7(11)5(9)3-8/h2-3,5-7,9-11H,1,4H2/t5-,6-,7+/m1/s1. The van der Waals surface area contributed by atoms with Crippen molar-refractivity contribution in [1.82, 2.24) is 0 Å². The lowest BCUT2D eigenvalue weighted by molar-refractivity contribution is -0.128. The fourth-order valence-electron chi connectivity index (χ4n) is 0.573. The molecule has 70 valence electrons. The molecule has 0 unspecified atom stereocenters. The Morgan fingerprint density at radius 1 is 1.42 bits per heavy atom. The van der Waals surface area contributed by atoms with Crippen LogP contribution in [0.4, 0.5) is 0 Å². The number of carbonyl (C=O) groups excluding carboxylic acids is 1. The number of rotatable bonds is 6. The van der Waals surface area contributed by atoms with Crippen molar-refractivity contribution in [3.63, 3.8) is 0 Å². The van der Waals surface area contributed by atoms with E-state index in [1.165, 1.54) is 0 Å². The van der Waals surface area contributed by atoms with Crippen LogP contribution in [0.5, 0.6) is 0 Å². The van der Waals surface area contributed by atoms with Crippen molar-refractivity contribution in [3.05, 3.63) is 12.8 Å². The number of aliphatic hydroxyl groups excluding tert-OH is 3. The molecule has 3 N–H and O–H groups in total. The van der Waals surface area contributed by atoms with Crippen molar-refractivity contribution in [2.24, 2.45) is 0 Å². The molecule has 0 fully saturated rings. The molecule has 0 aliphatic carbocycles. The second-order valence-electron chi connectivity index (χ2n) is 2.18. The molecule has 0 aromatic heterocycles. The van der Waals surface area contributed by atoms with Gasteiger partial charge in [-0.1, -0.05) is 6.58 Å². The van der Waals surface area contributed by atoms with E-state index < -0.39 is 18.3 Å². The summed E-state index contributed by atoms with van der Waals surface area (Å²) in [7, 11) is 0. The van der Waals surface area contributed by atoms with Crippen LogP contribution >= 0.6 is 0 Å². The molecule has 3 atom stereocenters. The van der Waals surface area contributed by atoms with E-state index in [0.717, 1.165) is 6.26 Å². The van der Waals surface area contributed by atoms with Gasteiger partial charge in [-0.25, -0.2) is 0 Å². The molecule has 0 spiro atoms. The lowest BCUT2D eigenvalue weighted by atomic mass is 10.1. The van der Waals surface area contributed by atoms with Gasteiger partial charge in [0, 0.05) is 0 Å². The lowest BCUT2D eigenvalue weighted by Crippen LogP contribution is -2.40. The van der Waals surface area contributed by atoms with Crippen LogP contribution in [-0.2, 0) is 9.53 Å². The van der Waals surface area contributed by atoms with Crippen molar-refractivity contribution in [2.45, 2.75) is 18.3 Å². The van der Waals surface area contributed by atoms with Crippen molar-refractivity contribution in [2.75, 3.05) is 6.61 Å². The Morgan fingerprint density at radius 3 is 2.42 bits per heavy atom. The molecule has 5 nitrogen and oxygen atoms in total. The van der Waals surface area contributed by atoms with Crippen molar-refractivity contribution >= 4 is 6.29 Å². The summed E-state index contributed by atoms with van der Waals surface area (Å²) >= 11 is 0. The molecule has 0 radical (unpaired) electrons. The Labute approximate surface area is 69.9 Å². The van der Waals surface area contributed by atoms with Gasteiger partial charge in [0.25, 0.3) is 0 Å². The molecule has 0 aliphatic rings. The van der Waals surface area contributed by atoms with E-state index >= 15 is 0 Å². The van der Waals surface area contributed by atoms with Crippen molar-refractivity contribution in [3.8, 4) is 0 Å². The smallest absolute Gasteiger partial charge is 0.151 e. The fourth-order valence-corrected chi connectivity index (χ4v) is 0.573. The van der Waals surface area contributed by atoms with Crippen LogP contribution in [0.25, 0.3) is 0 Å². The third kappa shape index (κ3) is 3.47. The Kier molecular flexibility index (Phi) is 5.27. The Morgan fingerprint density at radius 2 is 2.00 bits per heavy atom. The first-order valence-electron chi connectivity index (χ1n) is 3.35. The van der Waals surface area contributed by atoms with Gasteiger partial charge in [0.05, 0.1) is 6.26 Å². The van der Waals surface area contributed by atoms with Crippen LogP contribution in [0.3, 0.4) is 0 Å². The van der Waals surface area contributed by atoms with Gasteiger partial charge in [0.15, 0.2) is 6.29 Å². The van der Waals surface area contributed by atoms with E-state index in [1.54, 1.807) is 0 Å². The quantitative estimate of drug-likeness (QED) is 0.336. The van der Waals surface area contributed by atoms with Crippen molar-refractivity contribution in [1.29, 1.82) is 0 Å². The molecular formula is C7H12O5. The van der Waals surface area contributed by atoms with E-state index in [0.29, 0.717) is 0 Å². The van der Waals surface area contributed by atoms with Crippen LogP contribution in [0.2, 0.25) is 0 Å². The maximum Gasteiger partial charge on any atom is 0.151 e. The molecule has 0 heterocycles. The zero-order valence-corrected chi connectivity index (χ0v) is 6.46. The lowest BCUT2D eigenvalue weighted by Gasteiger charge is -2.18. The Balaban J connectivity index is 3.81. The van der Waals surface area contributed by atoms with E-state index in [-0.39, 0.29) is 12.9 Å². The van der Waals surface area contributed by atoms with Gasteiger partial charge in [-0.2, -0.15) is 0 Å². The minimum Gasteiger partial charge on any atom is -0.499 e. The van der Waals surface area contributed by atoms with Crippen LogP contribution in [0.1, 0.15) is 0 Å². The molecule has 0 saturated heterocycles. The topological polar surface area (TPSA) is 87.0 Å². The van der Waals surface area contributed by atoms with Crippen LogP contribution in [0.15, 0.2) is 12.8 Å². The first kappa shape index (κ1) is 11.1. The van der Waals surface area contributed by atoms with E-state index in [1.807, 2.05) is 0 Å². The number of ether oxygens (including phenoxy) is 1. The predicted octanol–water partition coefficient (Wildman–Crippen LogP) is -1.57. The molecule has 0 rings (SSSR count). The summed E-state index contributed by atoms with van der Waals surface area (Å²) in [6.07, 6.45) is -3.19. The molecule has 0 aromatic carbocycles. The minimum absolute atomic E-state index is 0.141. The van der Waals surface area contributed by atoms with Gasteiger partial charge in [0.2, 0.25) is 0 Å². The first-order chi connectivity index (χ1) is 5.63. The Hall–Kier alpha value is -0.910. The summed E-state index contributed by atoms with van der Waals surface area (Å²) in [6.45, 7) is 3.00. The van der Waals surface area contributed by atoms with Crippen LogP contribution < -0.4 is 0 Å². The van der Waals surface area contributed by atoms with Gasteiger partial charge < -0.3 is 24.9 Å². The van der Waals surface area contributed by atoms with Gasteiger partial charge in [-0.15, -0.1) is 0 Å². The molecule has 0 amide bonds. The summed E-state index contributed by atoms with van der Waals surface area (Å²) in [6, 6.07) is 0. The predicted molar refractivity (Wildman–Crippen MR) is 40.2 cm³/mol. The average molecular weight is 176 g/mol. The zero-order chi connectivity index (χ0) is 9.56. The highest BCUT2D eigenvalue weighted by molar-refractivity contribution is 5.56. The van der Waals surface area contributed by atoms with Gasteiger partial charge in [-0.05, 0) is 0 Å². The van der Waals surface area contributed by atoms with E-state index in [9.17, 15) is 4.79 Å². The Bertz CT molecular complexity index is 147. The van der Waals surface area contributed by atoms with Gasteiger partial charge >= 0.3 is 0 Å². The molecule has 0 saturated carbocycles. The first-order valence-corrected chi connectivity index (χ1v) is 3.35. The summed E-state index contributed by atoms with van der Waals surface area (Å²) in [5, 5.41) is 26.7. The number of hydrogen-bond donors (Lipinski definition) is 3. The molecular weight excluding hydrogens is 164 g/mol. The maximum absolute atomic E-state index is 9.94. The largest absolute Gasteiger partial charge is 0.499 e. The molecule has 0 aromatic rings. The van der Waals surface area contributed by atoms with Crippen molar-refractivity contribution < 1.29 is 24.9 Å². The zero-order valence-electron chi connectivity index (χ0n) is 6.46. The van der Waals surface area contributed by atoms with Crippen LogP contribution in [0, 0.1) is 0 Å². The molecule has 0 bridgehead atoms. The average Bonchev–Trinajstić information content (AvgIpc) is 2.11. The number of aliphatic hydroxyl groups is 3. The SMILES string of the molecule is C=COC[C@@H](O)[C@@H](O)[C@H](O)C=O. The highest BCUT2D eigenvalue weighted by Gasteiger charge is 2.24. The molecule has 0 aliphatic heterocycles. The van der Waals surface area contributed by atoms with Crippen LogP contribution in [-0.4, -0.2) is 46.5 Å².